The summed E-state index contributed by atoms with van der Waals surface area (Å²) in [6.07, 6.45) is 4.98. The lowest BCUT2D eigenvalue weighted by atomic mass is 9.86. The Morgan fingerprint density at radius 3 is 2.77 bits per heavy atom. The van der Waals surface area contributed by atoms with Crippen LogP contribution in [0.3, 0.4) is 0 Å². The molecule has 0 radical (unpaired) electrons. The Labute approximate surface area is 151 Å². The highest BCUT2D eigenvalue weighted by Gasteiger charge is 2.36. The third-order valence-electron chi connectivity index (χ3n) is 5.88. The van der Waals surface area contributed by atoms with E-state index in [2.05, 4.69) is 17.2 Å². The standard InChI is InChI=1S/C18H24N3O4P/c1-11-12-5-4-6-13(19-11)10-14(9-12)21-16-8-3-2-7-15(16)20-17(18(21)22)26(23,24)25/h2-3,7-8,11-14,19H,4-6,9-10H2,1H3,(H2,23,24,25)/t11-,12+,13+,14+/m1/s1. The smallest absolute Gasteiger partial charge is 0.320 e. The molecule has 0 aliphatic carbocycles. The van der Waals surface area contributed by atoms with Crippen LogP contribution in [0.2, 0.25) is 0 Å². The van der Waals surface area contributed by atoms with Gasteiger partial charge in [0.25, 0.3) is 5.56 Å². The molecular weight excluding hydrogens is 353 g/mol. The molecule has 2 aromatic rings. The van der Waals surface area contributed by atoms with E-state index in [4.69, 9.17) is 0 Å². The molecule has 0 spiro atoms. The third-order valence-corrected chi connectivity index (χ3v) is 6.73. The second-order valence-corrected chi connectivity index (χ2v) is 9.12. The molecule has 0 amide bonds. The van der Waals surface area contributed by atoms with Crippen LogP contribution in [0, 0.1) is 5.92 Å². The van der Waals surface area contributed by atoms with Gasteiger partial charge < -0.3 is 19.7 Å². The molecule has 3 N–H and O–H groups in total. The molecule has 7 nitrogen and oxygen atoms in total. The highest BCUT2D eigenvalue weighted by atomic mass is 31.2. The quantitative estimate of drug-likeness (QED) is 0.688. The molecule has 140 valence electrons. The molecule has 2 saturated heterocycles. The van der Waals surface area contributed by atoms with Gasteiger partial charge in [-0.3, -0.25) is 9.36 Å². The van der Waals surface area contributed by atoms with E-state index < -0.39 is 18.6 Å². The minimum absolute atomic E-state index is 0.0894. The number of rotatable bonds is 2. The van der Waals surface area contributed by atoms with Gasteiger partial charge in [-0.05, 0) is 50.7 Å². The first-order valence-electron chi connectivity index (χ1n) is 9.18. The van der Waals surface area contributed by atoms with Crippen LogP contribution in [0.5, 0.6) is 0 Å². The van der Waals surface area contributed by atoms with Crippen molar-refractivity contribution in [1.82, 2.24) is 14.9 Å². The average molecular weight is 377 g/mol. The molecule has 1 aromatic carbocycles. The van der Waals surface area contributed by atoms with Crippen LogP contribution in [0.15, 0.2) is 29.1 Å². The summed E-state index contributed by atoms with van der Waals surface area (Å²) in [5.41, 5.74) is -0.213. The number of nitrogens with zero attached hydrogens (tertiary/aromatic N) is 2. The minimum atomic E-state index is -4.74. The molecule has 2 fully saturated rings. The molecule has 3 heterocycles. The van der Waals surface area contributed by atoms with Crippen molar-refractivity contribution < 1.29 is 14.4 Å². The molecule has 4 atom stereocenters. The molecule has 2 aliphatic rings. The summed E-state index contributed by atoms with van der Waals surface area (Å²) >= 11 is 0. The van der Waals surface area contributed by atoms with Crippen molar-refractivity contribution in [2.24, 2.45) is 5.92 Å². The van der Waals surface area contributed by atoms with Crippen LogP contribution in [0.4, 0.5) is 0 Å². The number of hydrogen-bond acceptors (Lipinski definition) is 4. The Hall–Kier alpha value is -1.53. The summed E-state index contributed by atoms with van der Waals surface area (Å²) in [5, 5.41) is 3.67. The van der Waals surface area contributed by atoms with E-state index in [0.717, 1.165) is 25.7 Å². The van der Waals surface area contributed by atoms with Crippen molar-refractivity contribution in [2.45, 2.75) is 57.2 Å². The zero-order valence-corrected chi connectivity index (χ0v) is 15.6. The maximum atomic E-state index is 13.0. The zero-order valence-electron chi connectivity index (χ0n) is 14.7. The van der Waals surface area contributed by atoms with Crippen molar-refractivity contribution in [1.29, 1.82) is 0 Å². The Balaban J connectivity index is 1.92. The molecule has 4 rings (SSSR count). The van der Waals surface area contributed by atoms with E-state index in [1.54, 1.807) is 16.7 Å². The molecule has 1 aromatic heterocycles. The van der Waals surface area contributed by atoms with Gasteiger partial charge in [-0.25, -0.2) is 4.98 Å². The SMILES string of the molecule is C[C@H]1N[C@H]2CCC[C@H]1C[C@H](n1c(=O)c(P(=O)(O)O)nc3ccccc31)C2. The predicted molar refractivity (Wildman–Crippen MR) is 99.7 cm³/mol. The summed E-state index contributed by atoms with van der Waals surface area (Å²) < 4.78 is 13.5. The first kappa shape index (κ1) is 17.9. The highest BCUT2D eigenvalue weighted by Crippen LogP contribution is 2.37. The van der Waals surface area contributed by atoms with Gasteiger partial charge in [0.1, 0.15) is 0 Å². The summed E-state index contributed by atoms with van der Waals surface area (Å²) in [5.74, 6) is 0.449. The summed E-state index contributed by atoms with van der Waals surface area (Å²) in [4.78, 5) is 36.3. The molecule has 2 aliphatic heterocycles. The van der Waals surface area contributed by atoms with Gasteiger partial charge in [-0.15, -0.1) is 0 Å². The van der Waals surface area contributed by atoms with Crippen molar-refractivity contribution in [3.63, 3.8) is 0 Å². The van der Waals surface area contributed by atoms with Crippen molar-refractivity contribution in [2.75, 3.05) is 0 Å². The molecule has 26 heavy (non-hydrogen) atoms. The lowest BCUT2D eigenvalue weighted by molar-refractivity contribution is 0.311. The summed E-state index contributed by atoms with van der Waals surface area (Å²) in [6.45, 7) is 2.19. The molecule has 0 unspecified atom stereocenters. The number of benzene rings is 1. The van der Waals surface area contributed by atoms with Crippen LogP contribution in [0.1, 0.15) is 45.1 Å². The second kappa shape index (κ2) is 6.57. The average Bonchev–Trinajstić information content (AvgIpc) is 2.82. The fourth-order valence-electron chi connectivity index (χ4n) is 4.65. The molecule has 8 heteroatoms. The van der Waals surface area contributed by atoms with Crippen LogP contribution in [-0.4, -0.2) is 31.4 Å². The number of aromatic nitrogens is 2. The van der Waals surface area contributed by atoms with E-state index in [1.807, 2.05) is 12.1 Å². The van der Waals surface area contributed by atoms with Gasteiger partial charge >= 0.3 is 7.60 Å². The summed E-state index contributed by atoms with van der Waals surface area (Å²) in [7, 11) is -4.74. The number of fused-ring (bicyclic) bond motifs is 4. The molecular formula is C18H24N3O4P. The van der Waals surface area contributed by atoms with Gasteiger partial charge in [-0.1, -0.05) is 18.6 Å². The van der Waals surface area contributed by atoms with Gasteiger partial charge in [0.05, 0.1) is 11.0 Å². The second-order valence-electron chi connectivity index (χ2n) is 7.61. The van der Waals surface area contributed by atoms with E-state index in [0.29, 0.717) is 29.0 Å². The van der Waals surface area contributed by atoms with E-state index >= 15 is 0 Å². The number of para-hydroxylation sites is 2. The van der Waals surface area contributed by atoms with E-state index in [1.165, 1.54) is 6.42 Å². The van der Waals surface area contributed by atoms with Crippen LogP contribution in [0.25, 0.3) is 11.0 Å². The maximum Gasteiger partial charge on any atom is 0.380 e. The lowest BCUT2D eigenvalue weighted by Gasteiger charge is -2.27. The Morgan fingerprint density at radius 1 is 1.23 bits per heavy atom. The van der Waals surface area contributed by atoms with Crippen molar-refractivity contribution >= 4 is 24.1 Å². The number of hydrogen-bond donors (Lipinski definition) is 3. The first-order valence-corrected chi connectivity index (χ1v) is 10.8. The lowest BCUT2D eigenvalue weighted by Crippen LogP contribution is -2.40. The first-order chi connectivity index (χ1) is 12.3. The van der Waals surface area contributed by atoms with Gasteiger partial charge in [-0.2, -0.15) is 0 Å². The van der Waals surface area contributed by atoms with Crippen LogP contribution >= 0.6 is 7.60 Å². The van der Waals surface area contributed by atoms with Gasteiger partial charge in [0.15, 0.2) is 0 Å². The minimum Gasteiger partial charge on any atom is -0.320 e. The fourth-order valence-corrected chi connectivity index (χ4v) is 5.25. The highest BCUT2D eigenvalue weighted by molar-refractivity contribution is 7.59. The molecule has 0 saturated carbocycles. The number of nitrogens with one attached hydrogen (secondary N) is 1. The maximum absolute atomic E-state index is 13.0. The van der Waals surface area contributed by atoms with Gasteiger partial charge in [0, 0.05) is 18.1 Å². The van der Waals surface area contributed by atoms with E-state index in [-0.39, 0.29) is 6.04 Å². The Morgan fingerprint density at radius 2 is 2.00 bits per heavy atom. The molecule has 2 bridgehead atoms. The summed E-state index contributed by atoms with van der Waals surface area (Å²) in [6, 6.07) is 7.72. The topological polar surface area (TPSA) is 104 Å². The normalized spacial score (nSPS) is 29.5. The van der Waals surface area contributed by atoms with Gasteiger partial charge in [0.2, 0.25) is 5.44 Å². The Kier molecular flexibility index (Phi) is 4.51. The monoisotopic (exact) mass is 377 g/mol. The predicted octanol–water partition coefficient (Wildman–Crippen LogP) is 1.68. The van der Waals surface area contributed by atoms with Crippen LogP contribution < -0.4 is 16.3 Å². The van der Waals surface area contributed by atoms with E-state index in [9.17, 15) is 19.1 Å². The fraction of sp³-hybridized carbons (Fsp3) is 0.556. The zero-order chi connectivity index (χ0) is 18.5. The van der Waals surface area contributed by atoms with Crippen LogP contribution in [-0.2, 0) is 4.57 Å². The largest absolute Gasteiger partial charge is 0.380 e. The van der Waals surface area contributed by atoms with Crippen molar-refractivity contribution in [3.8, 4) is 0 Å². The third kappa shape index (κ3) is 3.14. The Bertz CT molecular complexity index is 938. The van der Waals surface area contributed by atoms with Crippen molar-refractivity contribution in [3.05, 3.63) is 34.6 Å².